The van der Waals surface area contributed by atoms with Crippen molar-refractivity contribution in [1.29, 1.82) is 0 Å². The third kappa shape index (κ3) is 5.41. The quantitative estimate of drug-likeness (QED) is 0.508. The number of carboxylic acids is 1. The maximum absolute atomic E-state index is 12.6. The fourth-order valence-corrected chi connectivity index (χ4v) is 5.26. The minimum Gasteiger partial charge on any atom is -0.481 e. The lowest BCUT2D eigenvalue weighted by molar-refractivity contribution is -0.137. The Hall–Kier alpha value is -3.35. The number of carbonyl (C=O) groups is 3. The van der Waals surface area contributed by atoms with Crippen LogP contribution in [0.1, 0.15) is 62.5 Å². The van der Waals surface area contributed by atoms with Crippen LogP contribution < -0.4 is 10.6 Å². The molecule has 0 aromatic heterocycles. The van der Waals surface area contributed by atoms with Gasteiger partial charge in [-0.2, -0.15) is 0 Å². The van der Waals surface area contributed by atoms with Gasteiger partial charge in [0.2, 0.25) is 5.91 Å². The van der Waals surface area contributed by atoms with Gasteiger partial charge in [-0.1, -0.05) is 61.9 Å². The van der Waals surface area contributed by atoms with E-state index in [2.05, 4.69) is 34.9 Å². The second kappa shape index (κ2) is 10.7. The molecule has 7 heteroatoms. The lowest BCUT2D eigenvalue weighted by Gasteiger charge is -2.19. The topological polar surface area (TPSA) is 105 Å². The summed E-state index contributed by atoms with van der Waals surface area (Å²) in [6, 6.07) is 15.9. The zero-order valence-corrected chi connectivity index (χ0v) is 19.5. The summed E-state index contributed by atoms with van der Waals surface area (Å²) in [4.78, 5) is 36.2. The molecule has 180 valence electrons. The van der Waals surface area contributed by atoms with Gasteiger partial charge in [-0.15, -0.1) is 0 Å². The number of nitrogens with one attached hydrogen (secondary N) is 2. The molecule has 34 heavy (non-hydrogen) atoms. The Morgan fingerprint density at radius 2 is 1.68 bits per heavy atom. The molecule has 2 aromatic carbocycles. The average Bonchev–Trinajstić information content (AvgIpc) is 3.40. The van der Waals surface area contributed by atoms with Gasteiger partial charge in [-0.25, -0.2) is 4.79 Å². The van der Waals surface area contributed by atoms with Crippen LogP contribution in [0, 0.1) is 5.92 Å². The Kier molecular flexibility index (Phi) is 7.50. The van der Waals surface area contributed by atoms with Crippen LogP contribution in [0.2, 0.25) is 0 Å². The Bertz CT molecular complexity index is 1010. The number of ether oxygens (including phenoxy) is 1. The first-order chi connectivity index (χ1) is 16.5. The van der Waals surface area contributed by atoms with Crippen LogP contribution in [0.5, 0.6) is 0 Å². The van der Waals surface area contributed by atoms with Crippen LogP contribution in [-0.2, 0) is 14.3 Å². The fourth-order valence-electron chi connectivity index (χ4n) is 5.26. The first-order valence-corrected chi connectivity index (χ1v) is 12.1. The van der Waals surface area contributed by atoms with Crippen LogP contribution in [0.15, 0.2) is 48.5 Å². The zero-order chi connectivity index (χ0) is 24.1. The molecule has 1 saturated carbocycles. The normalized spacial score (nSPS) is 19.7. The molecule has 7 nitrogen and oxygen atoms in total. The molecule has 0 bridgehead atoms. The van der Waals surface area contributed by atoms with Crippen LogP contribution in [0.25, 0.3) is 11.1 Å². The number of carbonyl (C=O) groups excluding carboxylic acids is 2. The number of carboxylic acid groups (broad SMARTS) is 1. The number of alkyl carbamates (subject to hydrolysis) is 1. The predicted octanol–water partition coefficient (Wildman–Crippen LogP) is 4.45. The Balaban J connectivity index is 1.28. The smallest absolute Gasteiger partial charge is 0.407 e. The van der Waals surface area contributed by atoms with E-state index in [0.717, 1.165) is 17.5 Å². The molecule has 2 aliphatic rings. The molecule has 0 aliphatic heterocycles. The van der Waals surface area contributed by atoms with Gasteiger partial charge in [0.25, 0.3) is 0 Å². The number of hydrogen-bond donors (Lipinski definition) is 3. The van der Waals surface area contributed by atoms with Crippen molar-refractivity contribution >= 4 is 18.0 Å². The standard InChI is InChI=1S/C27H32N2O5/c1-2-7-18(15-25(30)31)28-26(32)17-12-13-19(14-17)29-27(33)34-16-24-22-10-5-3-8-20(22)21-9-4-6-11-23(21)24/h3-6,8-11,17-19,24H,2,7,12-16H2,1H3,(H,28,32)(H,29,33)(H,30,31)/t17?,18-,19?/m0/s1. The molecule has 0 saturated heterocycles. The van der Waals surface area contributed by atoms with Crippen molar-refractivity contribution in [2.24, 2.45) is 5.92 Å². The first kappa shape index (κ1) is 23.8. The summed E-state index contributed by atoms with van der Waals surface area (Å²) in [5.74, 6) is -1.27. The number of rotatable bonds is 9. The Morgan fingerprint density at radius 3 is 2.29 bits per heavy atom. The first-order valence-electron chi connectivity index (χ1n) is 12.1. The molecule has 2 unspecified atom stereocenters. The molecular formula is C27H32N2O5. The summed E-state index contributed by atoms with van der Waals surface area (Å²) < 4.78 is 5.62. The van der Waals surface area contributed by atoms with E-state index in [9.17, 15) is 14.4 Å². The number of aliphatic carboxylic acids is 1. The van der Waals surface area contributed by atoms with Gasteiger partial charge >= 0.3 is 12.1 Å². The highest BCUT2D eigenvalue weighted by atomic mass is 16.5. The van der Waals surface area contributed by atoms with E-state index < -0.39 is 12.1 Å². The van der Waals surface area contributed by atoms with E-state index in [1.807, 2.05) is 31.2 Å². The maximum Gasteiger partial charge on any atom is 0.407 e. The Labute approximate surface area is 199 Å². The minimum absolute atomic E-state index is 0.00462. The molecule has 1 fully saturated rings. The molecule has 0 radical (unpaired) electrons. The summed E-state index contributed by atoms with van der Waals surface area (Å²) in [6.45, 7) is 2.22. The van der Waals surface area contributed by atoms with Gasteiger partial charge in [-0.05, 0) is 47.9 Å². The van der Waals surface area contributed by atoms with Crippen LogP contribution in [-0.4, -0.2) is 41.8 Å². The van der Waals surface area contributed by atoms with Gasteiger partial charge in [0.05, 0.1) is 6.42 Å². The summed E-state index contributed by atoms with van der Waals surface area (Å²) >= 11 is 0. The van der Waals surface area contributed by atoms with Gasteiger partial charge < -0.3 is 20.5 Å². The third-order valence-electron chi connectivity index (χ3n) is 6.87. The van der Waals surface area contributed by atoms with Gasteiger partial charge in [0.1, 0.15) is 6.61 Å². The molecule has 0 spiro atoms. The van der Waals surface area contributed by atoms with E-state index >= 15 is 0 Å². The van der Waals surface area contributed by atoms with Crippen molar-refractivity contribution in [2.45, 2.75) is 63.5 Å². The van der Waals surface area contributed by atoms with Gasteiger partial charge in [-0.3, -0.25) is 9.59 Å². The fraction of sp³-hybridized carbons (Fsp3) is 0.444. The Morgan fingerprint density at radius 1 is 1.03 bits per heavy atom. The van der Waals surface area contributed by atoms with Gasteiger partial charge in [0.15, 0.2) is 0 Å². The second-order valence-corrected chi connectivity index (χ2v) is 9.27. The molecule has 2 aliphatic carbocycles. The number of hydrogen-bond acceptors (Lipinski definition) is 4. The maximum atomic E-state index is 12.6. The van der Waals surface area contributed by atoms with Crippen LogP contribution in [0.3, 0.4) is 0 Å². The zero-order valence-electron chi connectivity index (χ0n) is 19.5. The van der Waals surface area contributed by atoms with Crippen LogP contribution in [0.4, 0.5) is 4.79 Å². The van der Waals surface area contributed by atoms with E-state index in [1.165, 1.54) is 11.1 Å². The van der Waals surface area contributed by atoms with Crippen molar-refractivity contribution in [3.8, 4) is 11.1 Å². The highest BCUT2D eigenvalue weighted by molar-refractivity contribution is 5.81. The molecular weight excluding hydrogens is 432 g/mol. The number of amides is 2. The third-order valence-corrected chi connectivity index (χ3v) is 6.87. The van der Waals surface area contributed by atoms with Crippen molar-refractivity contribution in [1.82, 2.24) is 10.6 Å². The van der Waals surface area contributed by atoms with Crippen molar-refractivity contribution in [2.75, 3.05) is 6.61 Å². The highest BCUT2D eigenvalue weighted by Gasteiger charge is 2.33. The molecule has 2 aromatic rings. The lowest BCUT2D eigenvalue weighted by atomic mass is 9.98. The average molecular weight is 465 g/mol. The highest BCUT2D eigenvalue weighted by Crippen LogP contribution is 2.44. The summed E-state index contributed by atoms with van der Waals surface area (Å²) in [5.41, 5.74) is 4.69. The predicted molar refractivity (Wildman–Crippen MR) is 128 cm³/mol. The SMILES string of the molecule is CCC[C@@H](CC(=O)O)NC(=O)C1CCC(NC(=O)OCC2c3ccccc3-c3ccccc32)C1. The molecule has 3 N–H and O–H groups in total. The van der Waals surface area contributed by atoms with Crippen molar-refractivity contribution in [3.63, 3.8) is 0 Å². The largest absolute Gasteiger partial charge is 0.481 e. The molecule has 2 amide bonds. The van der Waals surface area contributed by atoms with E-state index in [4.69, 9.17) is 9.84 Å². The lowest BCUT2D eigenvalue weighted by Crippen LogP contribution is -2.40. The van der Waals surface area contributed by atoms with Gasteiger partial charge in [0, 0.05) is 23.9 Å². The minimum atomic E-state index is -0.917. The van der Waals surface area contributed by atoms with Crippen molar-refractivity contribution < 1.29 is 24.2 Å². The summed E-state index contributed by atoms with van der Waals surface area (Å²) in [5, 5.41) is 14.8. The molecule has 3 atom stereocenters. The number of benzene rings is 2. The monoisotopic (exact) mass is 464 g/mol. The van der Waals surface area contributed by atoms with E-state index in [0.29, 0.717) is 25.7 Å². The summed E-state index contributed by atoms with van der Waals surface area (Å²) in [6.07, 6.45) is 2.77. The molecule has 0 heterocycles. The van der Waals surface area contributed by atoms with E-state index in [1.54, 1.807) is 0 Å². The molecule has 4 rings (SSSR count). The van der Waals surface area contributed by atoms with Crippen LogP contribution >= 0.6 is 0 Å². The second-order valence-electron chi connectivity index (χ2n) is 9.27. The van der Waals surface area contributed by atoms with Crippen molar-refractivity contribution in [3.05, 3.63) is 59.7 Å². The van der Waals surface area contributed by atoms with E-state index in [-0.39, 0.29) is 42.9 Å². The summed E-state index contributed by atoms with van der Waals surface area (Å²) in [7, 11) is 0. The number of fused-ring (bicyclic) bond motifs is 3.